The number of aldehydes is 1. The number of hydrogen-bond acceptors (Lipinski definition) is 4. The molecule has 3 aromatic carbocycles. The SMILES string of the molecule is NCc1ccc(C2C(CCC(O)c3ccc(F)cc3)C(C=O)N2c2ccc(F)cc2)cc1. The van der Waals surface area contributed by atoms with Crippen molar-refractivity contribution in [3.05, 3.63) is 101 Å². The average Bonchev–Trinajstić information content (AvgIpc) is 2.80. The van der Waals surface area contributed by atoms with Crippen LogP contribution in [-0.4, -0.2) is 17.4 Å². The number of hydrogen-bond donors (Lipinski definition) is 2. The summed E-state index contributed by atoms with van der Waals surface area (Å²) in [4.78, 5) is 14.0. The zero-order chi connectivity index (χ0) is 22.7. The molecule has 3 N–H and O–H groups in total. The van der Waals surface area contributed by atoms with Gasteiger partial charge in [-0.3, -0.25) is 0 Å². The second kappa shape index (κ2) is 9.59. The van der Waals surface area contributed by atoms with Crippen LogP contribution in [0.5, 0.6) is 0 Å². The topological polar surface area (TPSA) is 66.6 Å². The smallest absolute Gasteiger partial charge is 0.142 e. The van der Waals surface area contributed by atoms with Crippen LogP contribution >= 0.6 is 0 Å². The van der Waals surface area contributed by atoms with E-state index in [1.807, 2.05) is 29.2 Å². The van der Waals surface area contributed by atoms with Gasteiger partial charge in [0, 0.05) is 18.2 Å². The summed E-state index contributed by atoms with van der Waals surface area (Å²) in [7, 11) is 0. The third-order valence-corrected chi connectivity index (χ3v) is 6.31. The van der Waals surface area contributed by atoms with Crippen LogP contribution < -0.4 is 10.6 Å². The Morgan fingerprint density at radius 3 is 2.09 bits per heavy atom. The van der Waals surface area contributed by atoms with E-state index in [1.54, 1.807) is 24.3 Å². The van der Waals surface area contributed by atoms with Crippen LogP contribution in [0.3, 0.4) is 0 Å². The summed E-state index contributed by atoms with van der Waals surface area (Å²) in [5, 5.41) is 10.6. The lowest BCUT2D eigenvalue weighted by atomic mass is 9.73. The summed E-state index contributed by atoms with van der Waals surface area (Å²) in [6, 6.07) is 19.4. The highest BCUT2D eigenvalue weighted by molar-refractivity contribution is 5.72. The van der Waals surface area contributed by atoms with Crippen molar-refractivity contribution in [1.82, 2.24) is 0 Å². The molecule has 3 aromatic rings. The summed E-state index contributed by atoms with van der Waals surface area (Å²) >= 11 is 0. The van der Waals surface area contributed by atoms with Crippen LogP contribution in [0, 0.1) is 17.6 Å². The van der Waals surface area contributed by atoms with E-state index >= 15 is 0 Å². The van der Waals surface area contributed by atoms with Crippen molar-refractivity contribution in [3.63, 3.8) is 0 Å². The number of carbonyl (C=O) groups excluding carboxylic acids is 1. The Hall–Kier alpha value is -3.09. The van der Waals surface area contributed by atoms with Gasteiger partial charge in [-0.2, -0.15) is 0 Å². The van der Waals surface area contributed by atoms with E-state index in [0.29, 0.717) is 24.9 Å². The first-order chi connectivity index (χ1) is 15.5. The third-order valence-electron chi connectivity index (χ3n) is 6.31. The molecule has 0 spiro atoms. The normalized spacial score (nSPS) is 21.1. The average molecular weight is 437 g/mol. The molecule has 0 radical (unpaired) electrons. The molecule has 166 valence electrons. The molecular weight excluding hydrogens is 410 g/mol. The van der Waals surface area contributed by atoms with Gasteiger partial charge in [0.2, 0.25) is 0 Å². The minimum absolute atomic E-state index is 0.0311. The Balaban J connectivity index is 1.58. The van der Waals surface area contributed by atoms with Gasteiger partial charge in [-0.15, -0.1) is 0 Å². The Kier molecular flexibility index (Phi) is 6.63. The van der Waals surface area contributed by atoms with Crippen molar-refractivity contribution in [2.45, 2.75) is 37.6 Å². The summed E-state index contributed by atoms with van der Waals surface area (Å²) in [6.07, 6.45) is 1.21. The lowest BCUT2D eigenvalue weighted by molar-refractivity contribution is -0.112. The molecular formula is C26H26F2N2O2. The van der Waals surface area contributed by atoms with E-state index in [4.69, 9.17) is 5.73 Å². The van der Waals surface area contributed by atoms with E-state index in [9.17, 15) is 18.7 Å². The van der Waals surface area contributed by atoms with E-state index < -0.39 is 6.10 Å². The lowest BCUT2D eigenvalue weighted by Gasteiger charge is -2.55. The van der Waals surface area contributed by atoms with Gasteiger partial charge in [-0.25, -0.2) is 8.78 Å². The Morgan fingerprint density at radius 2 is 1.53 bits per heavy atom. The number of aliphatic hydroxyl groups excluding tert-OH is 1. The number of anilines is 1. The third kappa shape index (κ3) is 4.42. The maximum Gasteiger partial charge on any atom is 0.142 e. The van der Waals surface area contributed by atoms with Crippen LogP contribution in [0.2, 0.25) is 0 Å². The van der Waals surface area contributed by atoms with Gasteiger partial charge < -0.3 is 20.5 Å². The highest BCUT2D eigenvalue weighted by atomic mass is 19.1. The Morgan fingerprint density at radius 1 is 0.938 bits per heavy atom. The molecule has 1 aliphatic rings. The first kappa shape index (κ1) is 22.1. The van der Waals surface area contributed by atoms with Gasteiger partial charge in [-0.1, -0.05) is 36.4 Å². The minimum Gasteiger partial charge on any atom is -0.388 e. The number of halogens is 2. The number of nitrogens with two attached hydrogens (primary N) is 1. The summed E-state index contributed by atoms with van der Waals surface area (Å²) in [6.45, 7) is 0.441. The quantitative estimate of drug-likeness (QED) is 0.503. The van der Waals surface area contributed by atoms with Crippen LogP contribution in [0.1, 0.15) is 41.7 Å². The van der Waals surface area contributed by atoms with Crippen LogP contribution in [0.25, 0.3) is 0 Å². The van der Waals surface area contributed by atoms with Crippen LogP contribution in [-0.2, 0) is 11.3 Å². The monoisotopic (exact) mass is 436 g/mol. The molecule has 0 aromatic heterocycles. The first-order valence-electron chi connectivity index (χ1n) is 10.7. The molecule has 0 bridgehead atoms. The maximum absolute atomic E-state index is 13.5. The lowest BCUT2D eigenvalue weighted by Crippen LogP contribution is -2.59. The molecule has 0 aliphatic carbocycles. The second-order valence-electron chi connectivity index (χ2n) is 8.21. The summed E-state index contributed by atoms with van der Waals surface area (Å²) in [5.74, 6) is -0.715. The highest BCUT2D eigenvalue weighted by Gasteiger charge is 2.48. The zero-order valence-electron chi connectivity index (χ0n) is 17.6. The van der Waals surface area contributed by atoms with E-state index in [0.717, 1.165) is 23.1 Å². The van der Waals surface area contributed by atoms with Crippen molar-refractivity contribution in [2.75, 3.05) is 4.90 Å². The van der Waals surface area contributed by atoms with Crippen LogP contribution in [0.4, 0.5) is 14.5 Å². The van der Waals surface area contributed by atoms with Gasteiger partial charge in [0.15, 0.2) is 0 Å². The van der Waals surface area contributed by atoms with Crippen molar-refractivity contribution in [3.8, 4) is 0 Å². The molecule has 1 heterocycles. The fourth-order valence-electron chi connectivity index (χ4n) is 4.58. The van der Waals surface area contributed by atoms with Crippen molar-refractivity contribution >= 4 is 12.0 Å². The van der Waals surface area contributed by atoms with Gasteiger partial charge in [0.25, 0.3) is 0 Å². The van der Waals surface area contributed by atoms with Crippen molar-refractivity contribution < 1.29 is 18.7 Å². The number of aliphatic hydroxyl groups is 1. The van der Waals surface area contributed by atoms with Crippen molar-refractivity contribution in [1.29, 1.82) is 0 Å². The number of benzene rings is 3. The summed E-state index contributed by atoms with van der Waals surface area (Å²) in [5.41, 5.74) is 9.19. The molecule has 0 saturated carbocycles. The predicted molar refractivity (Wildman–Crippen MR) is 120 cm³/mol. The van der Waals surface area contributed by atoms with Gasteiger partial charge in [0.05, 0.1) is 18.2 Å². The molecule has 32 heavy (non-hydrogen) atoms. The van der Waals surface area contributed by atoms with E-state index in [1.165, 1.54) is 24.3 Å². The van der Waals surface area contributed by atoms with Crippen molar-refractivity contribution in [2.24, 2.45) is 11.7 Å². The Labute approximate surface area is 186 Å². The van der Waals surface area contributed by atoms with E-state index in [-0.39, 0.29) is 29.6 Å². The van der Waals surface area contributed by atoms with Gasteiger partial charge in [0.1, 0.15) is 17.9 Å². The predicted octanol–water partition coefficient (Wildman–Crippen LogP) is 4.68. The molecule has 1 fully saturated rings. The highest BCUT2D eigenvalue weighted by Crippen LogP contribution is 2.49. The number of rotatable bonds is 8. The molecule has 4 unspecified atom stereocenters. The minimum atomic E-state index is -0.747. The summed E-state index contributed by atoms with van der Waals surface area (Å²) < 4.78 is 26.7. The molecule has 4 nitrogen and oxygen atoms in total. The Bertz CT molecular complexity index is 1040. The number of nitrogens with zero attached hydrogens (tertiary/aromatic N) is 1. The van der Waals surface area contributed by atoms with E-state index in [2.05, 4.69) is 0 Å². The molecule has 4 atom stereocenters. The first-order valence-corrected chi connectivity index (χ1v) is 10.7. The molecule has 1 aliphatic heterocycles. The largest absolute Gasteiger partial charge is 0.388 e. The molecule has 4 rings (SSSR count). The zero-order valence-corrected chi connectivity index (χ0v) is 17.6. The molecule has 0 amide bonds. The van der Waals surface area contributed by atoms with Crippen LogP contribution in [0.15, 0.2) is 72.8 Å². The fraction of sp³-hybridized carbons (Fsp3) is 0.269. The number of carbonyl (C=O) groups is 1. The fourth-order valence-corrected chi connectivity index (χ4v) is 4.58. The molecule has 6 heteroatoms. The maximum atomic E-state index is 13.5. The standard InChI is InChI=1S/C26H26F2N2O2/c27-20-7-5-18(6-8-20)25(32)14-13-23-24(16-31)30(22-11-9-21(28)10-12-22)26(23)19-3-1-17(15-29)2-4-19/h1-12,16,23-26,32H,13-15,29H2. The molecule has 1 saturated heterocycles. The van der Waals surface area contributed by atoms with Gasteiger partial charge >= 0.3 is 0 Å². The van der Waals surface area contributed by atoms with Gasteiger partial charge in [-0.05, 0) is 65.9 Å². The second-order valence-corrected chi connectivity index (χ2v) is 8.21.